The molecule has 0 radical (unpaired) electrons. The van der Waals surface area contributed by atoms with Crippen molar-refractivity contribution in [3.05, 3.63) is 28.4 Å². The number of hydrogen-bond donors (Lipinski definition) is 1. The summed E-state index contributed by atoms with van der Waals surface area (Å²) in [7, 11) is -1.16. The molecule has 0 aromatic carbocycles. The molecule has 0 amide bonds. The van der Waals surface area contributed by atoms with E-state index < -0.39 is 15.7 Å². The van der Waals surface area contributed by atoms with E-state index in [2.05, 4.69) is 10.3 Å². The molecular formula is C11H15N3O3S. The third-order valence-electron chi connectivity index (χ3n) is 3.01. The standard InChI is InChI=1S/C11H15N3O3S/c15-14(16)10-1-2-11(13-7-10)18(17)8-9-3-5-12-6-4-9/h1-2,7,9,12H,3-6,8H2/t18-/m1/s1. The lowest BCUT2D eigenvalue weighted by Gasteiger charge is -2.21. The van der Waals surface area contributed by atoms with E-state index in [1.54, 1.807) is 0 Å². The molecule has 0 unspecified atom stereocenters. The number of nitrogens with zero attached hydrogens (tertiary/aromatic N) is 2. The van der Waals surface area contributed by atoms with Crippen LogP contribution in [0.25, 0.3) is 0 Å². The first-order valence-electron chi connectivity index (χ1n) is 5.86. The van der Waals surface area contributed by atoms with E-state index in [9.17, 15) is 14.3 Å². The van der Waals surface area contributed by atoms with Crippen LogP contribution in [0.15, 0.2) is 23.4 Å². The van der Waals surface area contributed by atoms with Gasteiger partial charge in [-0.25, -0.2) is 4.98 Å². The Morgan fingerprint density at radius 3 is 2.72 bits per heavy atom. The number of hydrogen-bond acceptors (Lipinski definition) is 5. The number of nitrogens with one attached hydrogen (secondary N) is 1. The van der Waals surface area contributed by atoms with Gasteiger partial charge in [-0.2, -0.15) is 0 Å². The molecule has 2 rings (SSSR count). The van der Waals surface area contributed by atoms with E-state index in [1.165, 1.54) is 12.1 Å². The Morgan fingerprint density at radius 2 is 2.17 bits per heavy atom. The van der Waals surface area contributed by atoms with E-state index in [-0.39, 0.29) is 5.69 Å². The van der Waals surface area contributed by atoms with Crippen molar-refractivity contribution in [1.82, 2.24) is 10.3 Å². The Kier molecular flexibility index (Phi) is 4.38. The van der Waals surface area contributed by atoms with Crippen LogP contribution in [0.5, 0.6) is 0 Å². The van der Waals surface area contributed by atoms with Crippen LogP contribution >= 0.6 is 0 Å². The second-order valence-corrected chi connectivity index (χ2v) is 5.76. The van der Waals surface area contributed by atoms with Crippen LogP contribution in [0.2, 0.25) is 0 Å². The van der Waals surface area contributed by atoms with Gasteiger partial charge in [0.2, 0.25) is 0 Å². The molecule has 98 valence electrons. The molecule has 0 spiro atoms. The second-order valence-electron chi connectivity index (χ2n) is 4.32. The monoisotopic (exact) mass is 269 g/mol. The van der Waals surface area contributed by atoms with Crippen LogP contribution in [0.3, 0.4) is 0 Å². The third-order valence-corrected chi connectivity index (χ3v) is 4.49. The summed E-state index contributed by atoms with van der Waals surface area (Å²) < 4.78 is 12.1. The molecule has 1 aromatic rings. The first-order chi connectivity index (χ1) is 8.66. The summed E-state index contributed by atoms with van der Waals surface area (Å²) in [5.41, 5.74) is -0.0717. The van der Waals surface area contributed by atoms with Gasteiger partial charge >= 0.3 is 0 Å². The lowest BCUT2D eigenvalue weighted by atomic mass is 10.0. The van der Waals surface area contributed by atoms with Crippen molar-refractivity contribution in [2.45, 2.75) is 17.9 Å². The van der Waals surface area contributed by atoms with E-state index in [0.717, 1.165) is 32.1 Å². The van der Waals surface area contributed by atoms with Gasteiger partial charge in [0.05, 0.1) is 15.7 Å². The zero-order valence-corrected chi connectivity index (χ0v) is 10.7. The summed E-state index contributed by atoms with van der Waals surface area (Å²) in [5.74, 6) is 1.04. The van der Waals surface area contributed by atoms with Crippen molar-refractivity contribution < 1.29 is 9.13 Å². The molecule has 18 heavy (non-hydrogen) atoms. The van der Waals surface area contributed by atoms with Gasteiger partial charge in [0.1, 0.15) is 11.2 Å². The zero-order valence-electron chi connectivity index (χ0n) is 9.87. The maximum Gasteiger partial charge on any atom is 0.287 e. The molecule has 1 saturated heterocycles. The Morgan fingerprint density at radius 1 is 1.44 bits per heavy atom. The highest BCUT2D eigenvalue weighted by Crippen LogP contribution is 2.17. The molecule has 1 fully saturated rings. The fourth-order valence-electron chi connectivity index (χ4n) is 1.96. The van der Waals surface area contributed by atoms with E-state index in [0.29, 0.717) is 16.7 Å². The van der Waals surface area contributed by atoms with Gasteiger partial charge in [0.25, 0.3) is 5.69 Å². The fourth-order valence-corrected chi connectivity index (χ4v) is 3.29. The number of nitro groups is 1. The summed E-state index contributed by atoms with van der Waals surface area (Å²) in [6, 6.07) is 2.83. The van der Waals surface area contributed by atoms with Crippen molar-refractivity contribution >= 4 is 16.5 Å². The Balaban J connectivity index is 1.97. The second kappa shape index (κ2) is 6.01. The first-order valence-corrected chi connectivity index (χ1v) is 7.18. The van der Waals surface area contributed by atoms with E-state index in [4.69, 9.17) is 0 Å². The van der Waals surface area contributed by atoms with Gasteiger partial charge in [-0.3, -0.25) is 14.3 Å². The van der Waals surface area contributed by atoms with Crippen LogP contribution in [-0.4, -0.2) is 33.0 Å². The minimum absolute atomic E-state index is 0.0717. The van der Waals surface area contributed by atoms with Gasteiger partial charge in [0, 0.05) is 11.8 Å². The SMILES string of the molecule is O=[N+]([O-])c1ccc([S@](=O)CC2CCNCC2)nc1. The summed E-state index contributed by atoms with van der Waals surface area (Å²) in [4.78, 5) is 13.9. The Hall–Kier alpha value is -1.34. The highest BCUT2D eigenvalue weighted by atomic mass is 32.2. The largest absolute Gasteiger partial charge is 0.317 e. The van der Waals surface area contributed by atoms with Crippen LogP contribution in [0, 0.1) is 16.0 Å². The minimum Gasteiger partial charge on any atom is -0.317 e. The molecule has 1 aromatic heterocycles. The quantitative estimate of drug-likeness (QED) is 0.653. The molecule has 1 N–H and O–H groups in total. The topological polar surface area (TPSA) is 85.1 Å². The molecule has 0 aliphatic carbocycles. The number of rotatable bonds is 4. The maximum absolute atomic E-state index is 12.1. The minimum atomic E-state index is -1.16. The predicted molar refractivity (Wildman–Crippen MR) is 67.8 cm³/mol. The molecule has 0 saturated carbocycles. The normalized spacial score (nSPS) is 18.4. The lowest BCUT2D eigenvalue weighted by molar-refractivity contribution is -0.385. The number of aromatic nitrogens is 1. The van der Waals surface area contributed by atoms with Crippen LogP contribution in [0.1, 0.15) is 12.8 Å². The maximum atomic E-state index is 12.1. The van der Waals surface area contributed by atoms with Crippen molar-refractivity contribution in [2.24, 2.45) is 5.92 Å². The Bertz CT molecular complexity index is 443. The molecule has 1 aliphatic rings. The average Bonchev–Trinajstić information content (AvgIpc) is 2.40. The van der Waals surface area contributed by atoms with Gasteiger partial charge in [0.15, 0.2) is 0 Å². The fraction of sp³-hybridized carbons (Fsp3) is 0.545. The number of piperidine rings is 1. The molecule has 1 aliphatic heterocycles. The van der Waals surface area contributed by atoms with Gasteiger partial charge in [-0.1, -0.05) is 0 Å². The summed E-state index contributed by atoms with van der Waals surface area (Å²) in [5, 5.41) is 14.2. The number of pyridine rings is 1. The van der Waals surface area contributed by atoms with Gasteiger partial charge in [-0.05, 0) is 37.9 Å². The lowest BCUT2D eigenvalue weighted by Crippen LogP contribution is -2.30. The molecule has 0 bridgehead atoms. The van der Waals surface area contributed by atoms with Gasteiger partial charge < -0.3 is 5.32 Å². The predicted octanol–water partition coefficient (Wildman–Crippen LogP) is 1.10. The smallest absolute Gasteiger partial charge is 0.287 e. The highest BCUT2D eigenvalue weighted by molar-refractivity contribution is 7.84. The van der Waals surface area contributed by atoms with E-state index in [1.807, 2.05) is 0 Å². The Labute approximate surface area is 107 Å². The summed E-state index contributed by atoms with van der Waals surface area (Å²) >= 11 is 0. The summed E-state index contributed by atoms with van der Waals surface area (Å²) in [6.45, 7) is 1.94. The van der Waals surface area contributed by atoms with Crippen molar-refractivity contribution in [3.63, 3.8) is 0 Å². The molecule has 7 heteroatoms. The average molecular weight is 269 g/mol. The zero-order chi connectivity index (χ0) is 13.0. The summed E-state index contributed by atoms with van der Waals surface area (Å²) in [6.07, 6.45) is 3.22. The van der Waals surface area contributed by atoms with Crippen LogP contribution in [-0.2, 0) is 10.8 Å². The molecular weight excluding hydrogens is 254 g/mol. The van der Waals surface area contributed by atoms with Crippen LogP contribution < -0.4 is 5.32 Å². The van der Waals surface area contributed by atoms with Crippen LogP contribution in [0.4, 0.5) is 5.69 Å². The molecule has 6 nitrogen and oxygen atoms in total. The van der Waals surface area contributed by atoms with Gasteiger partial charge in [-0.15, -0.1) is 0 Å². The first kappa shape index (κ1) is 13.1. The molecule has 1 atom stereocenters. The molecule has 2 heterocycles. The highest BCUT2D eigenvalue weighted by Gasteiger charge is 2.18. The van der Waals surface area contributed by atoms with Crippen molar-refractivity contribution in [3.8, 4) is 0 Å². The van der Waals surface area contributed by atoms with E-state index >= 15 is 0 Å². The third kappa shape index (κ3) is 3.33. The van der Waals surface area contributed by atoms with Crippen molar-refractivity contribution in [1.29, 1.82) is 0 Å². The van der Waals surface area contributed by atoms with Crippen molar-refractivity contribution in [2.75, 3.05) is 18.8 Å².